The molecule has 3 nitrogen and oxygen atoms in total. The summed E-state index contributed by atoms with van der Waals surface area (Å²) in [5, 5.41) is -0.151. The van der Waals surface area contributed by atoms with Crippen molar-refractivity contribution in [1.29, 1.82) is 0 Å². The summed E-state index contributed by atoms with van der Waals surface area (Å²) >= 11 is 0. The van der Waals surface area contributed by atoms with Gasteiger partial charge < -0.3 is 4.42 Å². The van der Waals surface area contributed by atoms with E-state index in [0.717, 1.165) is 43.5 Å². The molecule has 18 heavy (non-hydrogen) atoms. The summed E-state index contributed by atoms with van der Waals surface area (Å²) in [4.78, 5) is 4.28. The molecule has 0 saturated heterocycles. The second kappa shape index (κ2) is 4.98. The lowest BCUT2D eigenvalue weighted by molar-refractivity contribution is 0.384. The zero-order valence-corrected chi connectivity index (χ0v) is 12.0. The fraction of sp³-hybridized carbons (Fsp3) is 0.786. The van der Waals surface area contributed by atoms with Crippen LogP contribution >= 0.6 is 0 Å². The zero-order valence-electron chi connectivity index (χ0n) is 12.0. The highest BCUT2D eigenvalue weighted by atomic mass is 16.4. The van der Waals surface area contributed by atoms with E-state index in [1.807, 2.05) is 0 Å². The van der Waals surface area contributed by atoms with Gasteiger partial charge in [0.25, 0.3) is 5.68 Å². The third-order valence-corrected chi connectivity index (χ3v) is 3.98. The number of oxazole rings is 1. The fourth-order valence-corrected chi connectivity index (χ4v) is 2.77. The Labute approximate surface area is 111 Å². The van der Waals surface area contributed by atoms with E-state index >= 15 is 0 Å². The van der Waals surface area contributed by atoms with Crippen molar-refractivity contribution in [3.05, 3.63) is 17.1 Å². The maximum absolute atomic E-state index is 6.30. The van der Waals surface area contributed by atoms with Gasteiger partial charge in [0.15, 0.2) is 0 Å². The number of rotatable bonds is 2. The summed E-state index contributed by atoms with van der Waals surface area (Å²) in [6, 6.07) is 0.429. The topological polar surface area (TPSA) is 30.4 Å². The molecule has 2 unspecified atom stereocenters. The third-order valence-electron chi connectivity index (χ3n) is 3.98. The lowest BCUT2D eigenvalue weighted by atomic mass is 9.65. The molecule has 0 saturated carbocycles. The highest BCUT2D eigenvalue weighted by molar-refractivity contribution is 6.15. The van der Waals surface area contributed by atoms with Gasteiger partial charge in [-0.1, -0.05) is 25.6 Å². The van der Waals surface area contributed by atoms with Crippen LogP contribution in [0.2, 0.25) is 5.31 Å². The fourth-order valence-electron chi connectivity index (χ4n) is 2.77. The average Bonchev–Trinajstić information content (AvgIpc) is 2.57. The first-order chi connectivity index (χ1) is 8.48. The molecule has 0 aliphatic heterocycles. The van der Waals surface area contributed by atoms with Crippen LogP contribution in [0.15, 0.2) is 9.41 Å². The van der Waals surface area contributed by atoms with Gasteiger partial charge in [-0.2, -0.15) is 0 Å². The summed E-state index contributed by atoms with van der Waals surface area (Å²) in [7, 11) is 8.09. The van der Waals surface area contributed by atoms with Crippen molar-refractivity contribution in [2.24, 2.45) is 4.99 Å². The lowest BCUT2D eigenvalue weighted by Crippen LogP contribution is -2.22. The molecular weight excluding hydrogens is 223 g/mol. The van der Waals surface area contributed by atoms with Crippen molar-refractivity contribution in [3.8, 4) is 0 Å². The van der Waals surface area contributed by atoms with Crippen molar-refractivity contribution >= 4 is 7.85 Å². The molecule has 1 aromatic heterocycles. The Balaban J connectivity index is 2.53. The van der Waals surface area contributed by atoms with Crippen LogP contribution < -0.4 is 5.68 Å². The molecule has 4 heteroatoms. The Morgan fingerprint density at radius 3 is 2.89 bits per heavy atom. The SMILES string of the molecule is [B]C1(C)CCCc2c(oc(=NC)n2C(C)CC)C1. The van der Waals surface area contributed by atoms with Crippen LogP contribution in [0.25, 0.3) is 0 Å². The van der Waals surface area contributed by atoms with Gasteiger partial charge in [0.05, 0.1) is 13.5 Å². The Kier molecular flexibility index (Phi) is 3.74. The van der Waals surface area contributed by atoms with Gasteiger partial charge in [-0.15, -0.1) is 0 Å². The van der Waals surface area contributed by atoms with Gasteiger partial charge in [0, 0.05) is 19.5 Å². The minimum Gasteiger partial charge on any atom is -0.428 e. The van der Waals surface area contributed by atoms with E-state index in [2.05, 4.69) is 30.3 Å². The van der Waals surface area contributed by atoms with Gasteiger partial charge >= 0.3 is 0 Å². The maximum Gasteiger partial charge on any atom is 0.297 e. The molecule has 2 radical (unpaired) electrons. The molecular formula is C14H23BN2O. The standard InChI is InChI=1S/C14H23BN2O/c1-5-10(2)17-11-7-6-8-14(3,15)9-12(11)18-13(17)16-4/h10H,5-9H2,1-4H3. The molecule has 0 spiro atoms. The van der Waals surface area contributed by atoms with Crippen LogP contribution in [0.1, 0.15) is 57.5 Å². The van der Waals surface area contributed by atoms with Crippen LogP contribution in [0, 0.1) is 0 Å². The van der Waals surface area contributed by atoms with Crippen molar-refractivity contribution in [2.45, 2.75) is 64.2 Å². The second-order valence-electron chi connectivity index (χ2n) is 5.79. The largest absolute Gasteiger partial charge is 0.428 e. The number of aromatic nitrogens is 1. The van der Waals surface area contributed by atoms with E-state index in [9.17, 15) is 0 Å². The number of nitrogens with zero attached hydrogens (tertiary/aromatic N) is 2. The van der Waals surface area contributed by atoms with Crippen molar-refractivity contribution in [3.63, 3.8) is 0 Å². The molecule has 1 aromatic rings. The van der Waals surface area contributed by atoms with E-state index in [1.165, 1.54) is 5.69 Å². The molecule has 2 rings (SSSR count). The zero-order chi connectivity index (χ0) is 13.3. The molecule has 2 atom stereocenters. The lowest BCUT2D eigenvalue weighted by Gasteiger charge is -2.21. The molecule has 0 N–H and O–H groups in total. The molecule has 0 fully saturated rings. The molecule has 0 aromatic carbocycles. The molecule has 1 aliphatic rings. The number of hydrogen-bond donors (Lipinski definition) is 0. The van der Waals surface area contributed by atoms with Crippen molar-refractivity contribution < 1.29 is 4.42 Å². The first-order valence-electron chi connectivity index (χ1n) is 6.93. The van der Waals surface area contributed by atoms with Gasteiger partial charge in [-0.25, -0.2) is 4.99 Å². The highest BCUT2D eigenvalue weighted by Gasteiger charge is 2.28. The van der Waals surface area contributed by atoms with Gasteiger partial charge in [-0.05, 0) is 26.2 Å². The first-order valence-corrected chi connectivity index (χ1v) is 6.93. The Morgan fingerprint density at radius 2 is 2.28 bits per heavy atom. The molecule has 0 bridgehead atoms. The van der Waals surface area contributed by atoms with Crippen molar-refractivity contribution in [2.75, 3.05) is 7.05 Å². The third kappa shape index (κ3) is 2.43. The Bertz CT molecular complexity index is 484. The normalized spacial score (nSPS) is 26.8. The highest BCUT2D eigenvalue weighted by Crippen LogP contribution is 2.37. The predicted octanol–water partition coefficient (Wildman–Crippen LogP) is 2.81. The van der Waals surface area contributed by atoms with Gasteiger partial charge in [0.2, 0.25) is 0 Å². The summed E-state index contributed by atoms with van der Waals surface area (Å²) in [6.07, 6.45) is 5.12. The van der Waals surface area contributed by atoms with Crippen LogP contribution in [0.4, 0.5) is 0 Å². The van der Waals surface area contributed by atoms with E-state index in [0.29, 0.717) is 6.04 Å². The van der Waals surface area contributed by atoms with Crippen LogP contribution in [-0.2, 0) is 12.8 Å². The number of hydrogen-bond acceptors (Lipinski definition) is 2. The quantitative estimate of drug-likeness (QED) is 0.583. The molecule has 1 heterocycles. The van der Waals surface area contributed by atoms with Gasteiger partial charge in [0.1, 0.15) is 5.76 Å². The van der Waals surface area contributed by atoms with E-state index in [1.54, 1.807) is 7.05 Å². The van der Waals surface area contributed by atoms with Gasteiger partial charge in [-0.3, -0.25) is 4.57 Å². The monoisotopic (exact) mass is 246 g/mol. The summed E-state index contributed by atoms with van der Waals surface area (Å²) < 4.78 is 8.20. The van der Waals surface area contributed by atoms with E-state index < -0.39 is 0 Å². The van der Waals surface area contributed by atoms with Crippen LogP contribution in [0.5, 0.6) is 0 Å². The van der Waals surface area contributed by atoms with Crippen LogP contribution in [-0.4, -0.2) is 19.5 Å². The average molecular weight is 246 g/mol. The second-order valence-corrected chi connectivity index (χ2v) is 5.79. The summed E-state index contributed by atoms with van der Waals surface area (Å²) in [6.45, 7) is 6.53. The Hall–Kier alpha value is -0.925. The molecule has 1 aliphatic carbocycles. The maximum atomic E-state index is 6.30. The van der Waals surface area contributed by atoms with Crippen LogP contribution in [0.3, 0.4) is 0 Å². The molecule has 0 amide bonds. The molecule has 98 valence electrons. The number of fused-ring (bicyclic) bond motifs is 1. The minimum atomic E-state index is -0.151. The summed E-state index contributed by atoms with van der Waals surface area (Å²) in [5.41, 5.74) is 2.05. The van der Waals surface area contributed by atoms with E-state index in [-0.39, 0.29) is 5.31 Å². The predicted molar refractivity (Wildman–Crippen MR) is 74.0 cm³/mol. The van der Waals surface area contributed by atoms with E-state index in [4.69, 9.17) is 12.3 Å². The first kappa shape index (κ1) is 13.5. The minimum absolute atomic E-state index is 0.151. The smallest absolute Gasteiger partial charge is 0.297 e. The van der Waals surface area contributed by atoms with Crippen molar-refractivity contribution in [1.82, 2.24) is 4.57 Å². The summed E-state index contributed by atoms with van der Waals surface area (Å²) in [5.74, 6) is 1.04. The Morgan fingerprint density at radius 1 is 1.56 bits per heavy atom.